The lowest BCUT2D eigenvalue weighted by Gasteiger charge is -2.19. The average Bonchev–Trinajstić information content (AvgIpc) is 3.13. The Kier molecular flexibility index (Phi) is 6.66. The second kappa shape index (κ2) is 9.53. The fourth-order valence-corrected chi connectivity index (χ4v) is 4.99. The number of nitrogens with zero attached hydrogens (tertiary/aromatic N) is 3. The molecular formula is C25H28N4O5S. The zero-order valence-electron chi connectivity index (χ0n) is 20.3. The van der Waals surface area contributed by atoms with E-state index in [-0.39, 0.29) is 11.6 Å². The highest BCUT2D eigenvalue weighted by molar-refractivity contribution is 7.90. The van der Waals surface area contributed by atoms with Gasteiger partial charge < -0.3 is 14.5 Å². The fraction of sp³-hybridized carbons (Fsp3) is 0.320. The van der Waals surface area contributed by atoms with Gasteiger partial charge in [0.25, 0.3) is 5.88 Å². The van der Waals surface area contributed by atoms with Crippen LogP contribution in [0.5, 0.6) is 11.6 Å². The molecule has 3 heterocycles. The number of rotatable bonds is 8. The van der Waals surface area contributed by atoms with Gasteiger partial charge in [0.05, 0.1) is 36.7 Å². The first-order valence-electron chi connectivity index (χ1n) is 11.1. The number of aryl methyl sites for hydroxylation is 2. The van der Waals surface area contributed by atoms with Crippen LogP contribution in [0.15, 0.2) is 47.4 Å². The van der Waals surface area contributed by atoms with Crippen molar-refractivity contribution < 1.29 is 17.9 Å². The highest BCUT2D eigenvalue weighted by Crippen LogP contribution is 2.30. The molecule has 4 rings (SSSR count). The Morgan fingerprint density at radius 1 is 1.14 bits per heavy atom. The van der Waals surface area contributed by atoms with Gasteiger partial charge >= 0.3 is 5.69 Å². The highest BCUT2D eigenvalue weighted by atomic mass is 32.2. The number of hydrogen-bond donors (Lipinski definition) is 1. The molecule has 1 atom stereocenters. The number of pyridine rings is 2. The Hall–Kier alpha value is -3.66. The third-order valence-electron chi connectivity index (χ3n) is 5.72. The van der Waals surface area contributed by atoms with E-state index < -0.39 is 21.6 Å². The SMILES string of the molecule is CCOc1nc([C@@H](CS(C)(=O)=O)n2c(=O)[nH]c3cc(-c4cc(C)ccc4C)cnc32)ccc1OC. The lowest BCUT2D eigenvalue weighted by Crippen LogP contribution is -2.29. The zero-order chi connectivity index (χ0) is 25.3. The molecule has 0 spiro atoms. The molecule has 0 aliphatic heterocycles. The van der Waals surface area contributed by atoms with Gasteiger partial charge in [0.1, 0.15) is 9.84 Å². The summed E-state index contributed by atoms with van der Waals surface area (Å²) < 4.78 is 37.0. The molecule has 0 amide bonds. The molecule has 1 N–H and O–H groups in total. The Balaban J connectivity index is 1.89. The summed E-state index contributed by atoms with van der Waals surface area (Å²) in [7, 11) is -2.00. The van der Waals surface area contributed by atoms with Crippen LogP contribution in [0, 0.1) is 13.8 Å². The summed E-state index contributed by atoms with van der Waals surface area (Å²) in [4.78, 5) is 25.0. The zero-order valence-corrected chi connectivity index (χ0v) is 21.1. The number of aromatic nitrogens is 4. The molecule has 1 aromatic carbocycles. The summed E-state index contributed by atoms with van der Waals surface area (Å²) in [6.45, 7) is 6.18. The average molecular weight is 497 g/mol. The van der Waals surface area contributed by atoms with Crippen LogP contribution in [0.25, 0.3) is 22.3 Å². The molecule has 4 aromatic rings. The molecule has 0 aliphatic rings. The minimum absolute atomic E-state index is 0.226. The van der Waals surface area contributed by atoms with E-state index in [0.717, 1.165) is 28.5 Å². The molecule has 3 aromatic heterocycles. The van der Waals surface area contributed by atoms with Crippen molar-refractivity contribution in [3.05, 3.63) is 69.9 Å². The molecule has 0 saturated heterocycles. The molecule has 0 unspecified atom stereocenters. The van der Waals surface area contributed by atoms with E-state index in [9.17, 15) is 13.2 Å². The van der Waals surface area contributed by atoms with Crippen LogP contribution in [0.1, 0.15) is 29.8 Å². The second-order valence-corrected chi connectivity index (χ2v) is 10.7. The van der Waals surface area contributed by atoms with Crippen LogP contribution >= 0.6 is 0 Å². The molecule has 0 radical (unpaired) electrons. The van der Waals surface area contributed by atoms with Crippen LogP contribution in [0.2, 0.25) is 0 Å². The van der Waals surface area contributed by atoms with E-state index in [2.05, 4.69) is 21.0 Å². The molecule has 0 aliphatic carbocycles. The number of imidazole rings is 1. The molecule has 9 nitrogen and oxygen atoms in total. The minimum Gasteiger partial charge on any atom is -0.491 e. The van der Waals surface area contributed by atoms with Gasteiger partial charge in [0, 0.05) is 18.0 Å². The Bertz CT molecular complexity index is 1560. The predicted octanol–water partition coefficient (Wildman–Crippen LogP) is 3.44. The number of hydrogen-bond acceptors (Lipinski definition) is 7. The second-order valence-electron chi connectivity index (χ2n) is 8.50. The first-order valence-corrected chi connectivity index (χ1v) is 13.2. The normalized spacial score (nSPS) is 12.6. The van der Waals surface area contributed by atoms with Crippen LogP contribution < -0.4 is 15.2 Å². The summed E-state index contributed by atoms with van der Waals surface area (Å²) in [5.74, 6) is 0.297. The highest BCUT2D eigenvalue weighted by Gasteiger charge is 2.27. The molecular weight excluding hydrogens is 468 g/mol. The van der Waals surface area contributed by atoms with E-state index in [1.807, 2.05) is 39.0 Å². The first-order chi connectivity index (χ1) is 16.6. The van der Waals surface area contributed by atoms with E-state index in [0.29, 0.717) is 29.2 Å². The van der Waals surface area contributed by atoms with Crippen molar-refractivity contribution in [3.8, 4) is 22.8 Å². The number of aromatic amines is 1. The number of nitrogens with one attached hydrogen (secondary N) is 1. The molecule has 10 heteroatoms. The van der Waals surface area contributed by atoms with Gasteiger partial charge in [-0.3, -0.25) is 4.57 Å². The maximum absolute atomic E-state index is 13.1. The van der Waals surface area contributed by atoms with Gasteiger partial charge in [0.15, 0.2) is 11.4 Å². The summed E-state index contributed by atoms with van der Waals surface area (Å²) in [6, 6.07) is 10.4. The number of methoxy groups -OCH3 is 1. The standard InChI is InChI=1S/C25H28N4O5S/c1-6-34-24-22(33-4)10-9-19(27-24)21(14-35(5,31)32)29-23-20(28-25(29)30)12-17(13-26-23)18-11-15(2)7-8-16(18)3/h7-13,21H,6,14H2,1-5H3,(H,28,30)/t21-/m1/s1. The molecule has 0 saturated carbocycles. The monoisotopic (exact) mass is 496 g/mol. The molecule has 35 heavy (non-hydrogen) atoms. The lowest BCUT2D eigenvalue weighted by atomic mass is 10.00. The summed E-state index contributed by atoms with van der Waals surface area (Å²) >= 11 is 0. The topological polar surface area (TPSA) is 116 Å². The summed E-state index contributed by atoms with van der Waals surface area (Å²) in [5.41, 5.74) is 4.78. The van der Waals surface area contributed by atoms with Crippen molar-refractivity contribution >= 4 is 21.0 Å². The van der Waals surface area contributed by atoms with Crippen molar-refractivity contribution in [2.45, 2.75) is 26.8 Å². The minimum atomic E-state index is -3.50. The quantitative estimate of drug-likeness (QED) is 0.397. The van der Waals surface area contributed by atoms with Crippen molar-refractivity contribution in [2.24, 2.45) is 0 Å². The molecule has 184 valence electrons. The number of fused-ring (bicyclic) bond motifs is 1. The lowest BCUT2D eigenvalue weighted by molar-refractivity contribution is 0.296. The van der Waals surface area contributed by atoms with Crippen LogP contribution in [0.4, 0.5) is 0 Å². The van der Waals surface area contributed by atoms with Gasteiger partial charge in [-0.2, -0.15) is 0 Å². The Morgan fingerprint density at radius 2 is 1.91 bits per heavy atom. The molecule has 0 fully saturated rings. The number of H-pyrrole nitrogens is 1. The van der Waals surface area contributed by atoms with E-state index in [1.165, 1.54) is 11.7 Å². The Labute approximate surface area is 203 Å². The van der Waals surface area contributed by atoms with Gasteiger partial charge in [-0.15, -0.1) is 0 Å². The number of benzene rings is 1. The number of ether oxygens (including phenoxy) is 2. The smallest absolute Gasteiger partial charge is 0.328 e. The number of sulfone groups is 1. The van der Waals surface area contributed by atoms with Gasteiger partial charge in [-0.25, -0.2) is 23.2 Å². The van der Waals surface area contributed by atoms with Gasteiger partial charge in [-0.05, 0) is 50.1 Å². The van der Waals surface area contributed by atoms with E-state index >= 15 is 0 Å². The predicted molar refractivity (Wildman–Crippen MR) is 135 cm³/mol. The van der Waals surface area contributed by atoms with Crippen LogP contribution in [-0.4, -0.2) is 53.7 Å². The maximum atomic E-state index is 13.1. The van der Waals surface area contributed by atoms with Gasteiger partial charge in [-0.1, -0.05) is 23.8 Å². The largest absolute Gasteiger partial charge is 0.491 e. The first kappa shape index (κ1) is 24.5. The molecule has 0 bridgehead atoms. The summed E-state index contributed by atoms with van der Waals surface area (Å²) in [5, 5.41) is 0. The van der Waals surface area contributed by atoms with Crippen LogP contribution in [0.3, 0.4) is 0 Å². The summed E-state index contributed by atoms with van der Waals surface area (Å²) in [6.07, 6.45) is 2.82. The van der Waals surface area contributed by atoms with E-state index in [4.69, 9.17) is 9.47 Å². The fourth-order valence-electron chi connectivity index (χ4n) is 4.10. The Morgan fingerprint density at radius 3 is 2.60 bits per heavy atom. The maximum Gasteiger partial charge on any atom is 0.328 e. The van der Waals surface area contributed by atoms with Crippen molar-refractivity contribution in [1.82, 2.24) is 19.5 Å². The third kappa shape index (κ3) is 5.07. The van der Waals surface area contributed by atoms with E-state index in [1.54, 1.807) is 18.3 Å². The van der Waals surface area contributed by atoms with Crippen molar-refractivity contribution in [1.29, 1.82) is 0 Å². The van der Waals surface area contributed by atoms with Crippen LogP contribution in [-0.2, 0) is 9.84 Å². The third-order valence-corrected chi connectivity index (χ3v) is 6.64. The van der Waals surface area contributed by atoms with Crippen molar-refractivity contribution in [2.75, 3.05) is 25.7 Å². The van der Waals surface area contributed by atoms with Crippen molar-refractivity contribution in [3.63, 3.8) is 0 Å². The van der Waals surface area contributed by atoms with Gasteiger partial charge in [0.2, 0.25) is 0 Å².